The number of para-hydroxylation sites is 1. The Bertz CT molecular complexity index is 817. The molecule has 3 amide bonds. The van der Waals surface area contributed by atoms with Crippen LogP contribution >= 0.6 is 0 Å². The standard InChI is InChI=1S/C25H41N3O5/c1-9-10-11-15-28(23(31)18(5)27-24(32)33-25(6,7)8)20(22(30)26-16(2)3)19-14-12-13-17(4)21(19)29/h12-14,16,18,20,29H,9-11,15H2,1-8H3,(H,26,30)(H,27,32). The van der Waals surface area contributed by atoms with Crippen LogP contribution in [0.4, 0.5) is 4.79 Å². The Hall–Kier alpha value is -2.77. The topological polar surface area (TPSA) is 108 Å². The summed E-state index contributed by atoms with van der Waals surface area (Å²) < 4.78 is 5.28. The molecule has 0 aliphatic rings. The summed E-state index contributed by atoms with van der Waals surface area (Å²) in [6, 6.07) is 3.02. The average molecular weight is 464 g/mol. The fourth-order valence-corrected chi connectivity index (χ4v) is 3.41. The minimum absolute atomic E-state index is 0.0255. The average Bonchev–Trinajstić information content (AvgIpc) is 2.67. The number of aromatic hydroxyl groups is 1. The number of hydrogen-bond donors (Lipinski definition) is 3. The molecule has 0 radical (unpaired) electrons. The predicted octanol–water partition coefficient (Wildman–Crippen LogP) is 4.20. The zero-order valence-electron chi connectivity index (χ0n) is 21.3. The maximum absolute atomic E-state index is 13.5. The molecule has 2 atom stereocenters. The summed E-state index contributed by atoms with van der Waals surface area (Å²) >= 11 is 0. The number of alkyl carbamates (subject to hydrolysis) is 1. The highest BCUT2D eigenvalue weighted by Gasteiger charge is 2.36. The number of nitrogens with one attached hydrogen (secondary N) is 2. The Morgan fingerprint density at radius 3 is 2.27 bits per heavy atom. The van der Waals surface area contributed by atoms with Crippen LogP contribution in [-0.4, -0.2) is 52.1 Å². The van der Waals surface area contributed by atoms with E-state index in [-0.39, 0.29) is 17.7 Å². The molecule has 0 heterocycles. The highest BCUT2D eigenvalue weighted by atomic mass is 16.6. The van der Waals surface area contributed by atoms with Crippen LogP contribution in [0.2, 0.25) is 0 Å². The third-order valence-corrected chi connectivity index (χ3v) is 4.94. The van der Waals surface area contributed by atoms with E-state index in [1.807, 2.05) is 20.8 Å². The summed E-state index contributed by atoms with van der Waals surface area (Å²) in [6.45, 7) is 14.5. The maximum Gasteiger partial charge on any atom is 0.408 e. The molecule has 0 aliphatic carbocycles. The minimum atomic E-state index is -1.04. The number of hydrogen-bond acceptors (Lipinski definition) is 5. The number of unbranched alkanes of at least 4 members (excludes halogenated alkanes) is 2. The zero-order chi connectivity index (χ0) is 25.3. The van der Waals surface area contributed by atoms with Gasteiger partial charge in [0.25, 0.3) is 0 Å². The molecule has 1 aromatic rings. The first kappa shape index (κ1) is 28.3. The van der Waals surface area contributed by atoms with E-state index in [9.17, 15) is 19.5 Å². The lowest BCUT2D eigenvalue weighted by molar-refractivity contribution is -0.142. The van der Waals surface area contributed by atoms with Crippen LogP contribution in [0.15, 0.2) is 18.2 Å². The molecule has 0 saturated heterocycles. The van der Waals surface area contributed by atoms with Crippen molar-refractivity contribution in [2.45, 2.75) is 98.4 Å². The van der Waals surface area contributed by atoms with E-state index in [0.717, 1.165) is 12.8 Å². The molecule has 33 heavy (non-hydrogen) atoms. The molecule has 3 N–H and O–H groups in total. The summed E-state index contributed by atoms with van der Waals surface area (Å²) in [4.78, 5) is 40.5. The molecule has 0 fully saturated rings. The maximum atomic E-state index is 13.5. The Morgan fingerprint density at radius 1 is 1.09 bits per heavy atom. The SMILES string of the molecule is CCCCCN(C(=O)C(C)NC(=O)OC(C)(C)C)C(C(=O)NC(C)C)c1cccc(C)c1O. The fourth-order valence-electron chi connectivity index (χ4n) is 3.41. The summed E-state index contributed by atoms with van der Waals surface area (Å²) in [5.74, 6) is -0.843. The number of phenolic OH excluding ortho intramolecular Hbond substituents is 1. The van der Waals surface area contributed by atoms with Gasteiger partial charge in [-0.25, -0.2) is 4.79 Å². The van der Waals surface area contributed by atoms with Crippen molar-refractivity contribution in [1.29, 1.82) is 0 Å². The number of ether oxygens (including phenoxy) is 1. The van der Waals surface area contributed by atoms with Gasteiger partial charge < -0.3 is 25.4 Å². The highest BCUT2D eigenvalue weighted by molar-refractivity contribution is 5.92. The Labute approximate surface area is 198 Å². The smallest absolute Gasteiger partial charge is 0.408 e. The van der Waals surface area contributed by atoms with Crippen LogP contribution in [0, 0.1) is 6.92 Å². The van der Waals surface area contributed by atoms with Crippen LogP contribution < -0.4 is 10.6 Å². The molecule has 8 nitrogen and oxygen atoms in total. The number of amides is 3. The number of carbonyl (C=O) groups is 3. The van der Waals surface area contributed by atoms with Gasteiger partial charge in [-0.3, -0.25) is 9.59 Å². The number of benzene rings is 1. The van der Waals surface area contributed by atoms with Gasteiger partial charge in [0.15, 0.2) is 0 Å². The van der Waals surface area contributed by atoms with E-state index >= 15 is 0 Å². The number of phenols is 1. The number of nitrogens with zero attached hydrogens (tertiary/aromatic N) is 1. The monoisotopic (exact) mass is 463 g/mol. The normalized spacial score (nSPS) is 13.2. The van der Waals surface area contributed by atoms with Crippen molar-refractivity contribution >= 4 is 17.9 Å². The van der Waals surface area contributed by atoms with Gasteiger partial charge in [0.05, 0.1) is 0 Å². The van der Waals surface area contributed by atoms with Gasteiger partial charge in [-0.2, -0.15) is 0 Å². The van der Waals surface area contributed by atoms with Crippen LogP contribution in [-0.2, 0) is 14.3 Å². The largest absolute Gasteiger partial charge is 0.507 e. The number of carbonyl (C=O) groups excluding carboxylic acids is 3. The quantitative estimate of drug-likeness (QED) is 0.451. The molecule has 0 saturated carbocycles. The molecular formula is C25H41N3O5. The Morgan fingerprint density at radius 2 is 1.73 bits per heavy atom. The van der Waals surface area contributed by atoms with E-state index in [1.54, 1.807) is 52.8 Å². The molecule has 0 aliphatic heterocycles. The summed E-state index contributed by atoms with van der Waals surface area (Å²) in [5, 5.41) is 16.2. The molecule has 0 aromatic heterocycles. The predicted molar refractivity (Wildman–Crippen MR) is 129 cm³/mol. The molecule has 2 unspecified atom stereocenters. The molecule has 1 rings (SSSR count). The van der Waals surface area contributed by atoms with E-state index < -0.39 is 29.7 Å². The first-order chi connectivity index (χ1) is 15.3. The van der Waals surface area contributed by atoms with Crippen molar-refractivity contribution in [3.05, 3.63) is 29.3 Å². The Balaban J connectivity index is 3.37. The molecule has 186 valence electrons. The van der Waals surface area contributed by atoms with Crippen molar-refractivity contribution in [3.8, 4) is 5.75 Å². The summed E-state index contributed by atoms with van der Waals surface area (Å²) in [7, 11) is 0. The lowest BCUT2D eigenvalue weighted by Gasteiger charge is -2.34. The van der Waals surface area contributed by atoms with E-state index in [2.05, 4.69) is 10.6 Å². The van der Waals surface area contributed by atoms with E-state index in [0.29, 0.717) is 24.1 Å². The zero-order valence-corrected chi connectivity index (χ0v) is 21.3. The minimum Gasteiger partial charge on any atom is -0.507 e. The molecule has 0 bridgehead atoms. The third-order valence-electron chi connectivity index (χ3n) is 4.94. The molecular weight excluding hydrogens is 422 g/mol. The first-order valence-electron chi connectivity index (χ1n) is 11.7. The lowest BCUT2D eigenvalue weighted by Crippen LogP contribution is -2.52. The summed E-state index contributed by atoms with van der Waals surface area (Å²) in [6.07, 6.45) is 1.78. The van der Waals surface area contributed by atoms with Crippen molar-refractivity contribution in [1.82, 2.24) is 15.5 Å². The van der Waals surface area contributed by atoms with Gasteiger partial charge in [-0.1, -0.05) is 38.0 Å². The van der Waals surface area contributed by atoms with Crippen LogP contribution in [0.3, 0.4) is 0 Å². The second-order valence-electron chi connectivity index (χ2n) is 9.69. The van der Waals surface area contributed by atoms with Crippen LogP contribution in [0.5, 0.6) is 5.75 Å². The molecule has 0 spiro atoms. The second-order valence-corrected chi connectivity index (χ2v) is 9.69. The van der Waals surface area contributed by atoms with E-state index in [4.69, 9.17) is 4.74 Å². The summed E-state index contributed by atoms with van der Waals surface area (Å²) in [5.41, 5.74) is 0.249. The number of aryl methyl sites for hydroxylation is 1. The van der Waals surface area contributed by atoms with Crippen LogP contribution in [0.25, 0.3) is 0 Å². The van der Waals surface area contributed by atoms with Crippen molar-refractivity contribution < 1.29 is 24.2 Å². The number of rotatable bonds is 10. The van der Waals surface area contributed by atoms with Crippen molar-refractivity contribution in [2.24, 2.45) is 0 Å². The Kier molecular flexibility index (Phi) is 10.7. The van der Waals surface area contributed by atoms with E-state index in [1.165, 1.54) is 4.90 Å². The highest BCUT2D eigenvalue weighted by Crippen LogP contribution is 2.32. The van der Waals surface area contributed by atoms with Gasteiger partial charge in [-0.05, 0) is 60.5 Å². The van der Waals surface area contributed by atoms with Crippen molar-refractivity contribution in [2.75, 3.05) is 6.54 Å². The van der Waals surface area contributed by atoms with Gasteiger partial charge >= 0.3 is 6.09 Å². The van der Waals surface area contributed by atoms with Gasteiger partial charge in [0.1, 0.15) is 23.4 Å². The van der Waals surface area contributed by atoms with Crippen molar-refractivity contribution in [3.63, 3.8) is 0 Å². The second kappa shape index (κ2) is 12.5. The fraction of sp³-hybridized carbons (Fsp3) is 0.640. The molecule has 8 heteroatoms. The lowest BCUT2D eigenvalue weighted by atomic mass is 9.98. The van der Waals surface area contributed by atoms with Gasteiger partial charge in [0, 0.05) is 18.2 Å². The van der Waals surface area contributed by atoms with Gasteiger partial charge in [-0.15, -0.1) is 0 Å². The van der Waals surface area contributed by atoms with Crippen LogP contribution in [0.1, 0.15) is 84.9 Å². The molecule has 1 aromatic carbocycles. The first-order valence-corrected chi connectivity index (χ1v) is 11.7. The third kappa shape index (κ3) is 8.94. The van der Waals surface area contributed by atoms with Gasteiger partial charge in [0.2, 0.25) is 11.8 Å².